The molecule has 1 fully saturated rings. The second-order valence-corrected chi connectivity index (χ2v) is 5.18. The summed E-state index contributed by atoms with van der Waals surface area (Å²) in [4.78, 5) is 2.39. The standard InChI is InChI=1S/C17H20N2O/c1-14-13-19(12-11-18-14)16-9-5-6-10-17(16)20-15-7-3-2-4-8-15/h2-10,14,18H,11-13H2,1H3. The molecule has 1 N–H and O–H groups in total. The van der Waals surface area contributed by atoms with Crippen LogP contribution in [0.5, 0.6) is 11.5 Å². The van der Waals surface area contributed by atoms with Crippen molar-refractivity contribution in [3.63, 3.8) is 0 Å². The van der Waals surface area contributed by atoms with Crippen molar-refractivity contribution in [1.29, 1.82) is 0 Å². The van der Waals surface area contributed by atoms with Gasteiger partial charge in [-0.3, -0.25) is 0 Å². The Morgan fingerprint density at radius 3 is 2.60 bits per heavy atom. The lowest BCUT2D eigenvalue weighted by Gasteiger charge is -2.34. The van der Waals surface area contributed by atoms with Gasteiger partial charge in [-0.2, -0.15) is 0 Å². The average Bonchev–Trinajstić information content (AvgIpc) is 2.49. The Hall–Kier alpha value is -2.00. The van der Waals surface area contributed by atoms with Crippen LogP contribution in [0.3, 0.4) is 0 Å². The van der Waals surface area contributed by atoms with Crippen LogP contribution in [0.1, 0.15) is 6.92 Å². The molecule has 1 aliphatic heterocycles. The van der Waals surface area contributed by atoms with Crippen LogP contribution in [0.15, 0.2) is 54.6 Å². The minimum absolute atomic E-state index is 0.508. The van der Waals surface area contributed by atoms with Crippen molar-refractivity contribution >= 4 is 5.69 Å². The molecule has 0 amide bonds. The summed E-state index contributed by atoms with van der Waals surface area (Å²) >= 11 is 0. The number of hydrogen-bond donors (Lipinski definition) is 1. The zero-order valence-electron chi connectivity index (χ0n) is 11.8. The van der Waals surface area contributed by atoms with Gasteiger partial charge in [0, 0.05) is 25.7 Å². The van der Waals surface area contributed by atoms with E-state index in [4.69, 9.17) is 4.74 Å². The zero-order valence-corrected chi connectivity index (χ0v) is 11.8. The first-order valence-corrected chi connectivity index (χ1v) is 7.13. The van der Waals surface area contributed by atoms with Crippen LogP contribution in [-0.2, 0) is 0 Å². The predicted molar refractivity (Wildman–Crippen MR) is 82.6 cm³/mol. The minimum Gasteiger partial charge on any atom is -0.455 e. The maximum atomic E-state index is 6.04. The van der Waals surface area contributed by atoms with Crippen LogP contribution < -0.4 is 15.0 Å². The Labute approximate surface area is 120 Å². The number of benzene rings is 2. The van der Waals surface area contributed by atoms with Gasteiger partial charge in [-0.25, -0.2) is 0 Å². The highest BCUT2D eigenvalue weighted by Gasteiger charge is 2.18. The first-order valence-electron chi connectivity index (χ1n) is 7.13. The van der Waals surface area contributed by atoms with Gasteiger partial charge in [0.2, 0.25) is 0 Å². The Balaban J connectivity index is 1.84. The SMILES string of the molecule is CC1CN(c2ccccc2Oc2ccccc2)CCN1. The van der Waals surface area contributed by atoms with Crippen LogP contribution >= 0.6 is 0 Å². The Morgan fingerprint density at radius 2 is 1.80 bits per heavy atom. The van der Waals surface area contributed by atoms with Gasteiger partial charge >= 0.3 is 0 Å². The van der Waals surface area contributed by atoms with Gasteiger partial charge in [0.25, 0.3) is 0 Å². The molecule has 0 aromatic heterocycles. The van der Waals surface area contributed by atoms with E-state index in [0.717, 1.165) is 31.1 Å². The number of nitrogens with zero attached hydrogens (tertiary/aromatic N) is 1. The molecule has 1 aliphatic rings. The quantitative estimate of drug-likeness (QED) is 0.924. The van der Waals surface area contributed by atoms with Crippen molar-refractivity contribution in [2.45, 2.75) is 13.0 Å². The lowest BCUT2D eigenvalue weighted by atomic mass is 10.2. The van der Waals surface area contributed by atoms with E-state index in [1.165, 1.54) is 5.69 Å². The molecule has 20 heavy (non-hydrogen) atoms. The molecule has 1 heterocycles. The van der Waals surface area contributed by atoms with E-state index in [-0.39, 0.29) is 0 Å². The number of anilines is 1. The molecule has 0 saturated carbocycles. The maximum Gasteiger partial charge on any atom is 0.150 e. The highest BCUT2D eigenvalue weighted by Crippen LogP contribution is 2.32. The summed E-state index contributed by atoms with van der Waals surface area (Å²) in [5, 5.41) is 3.47. The minimum atomic E-state index is 0.508. The second kappa shape index (κ2) is 5.97. The summed E-state index contributed by atoms with van der Waals surface area (Å²) in [6, 6.07) is 18.7. The number of rotatable bonds is 3. The van der Waals surface area contributed by atoms with E-state index in [0.29, 0.717) is 6.04 Å². The highest BCUT2D eigenvalue weighted by atomic mass is 16.5. The van der Waals surface area contributed by atoms with Crippen LogP contribution in [0.25, 0.3) is 0 Å². The number of ether oxygens (including phenoxy) is 1. The molecular weight excluding hydrogens is 248 g/mol. The van der Waals surface area contributed by atoms with Gasteiger partial charge in [0.05, 0.1) is 5.69 Å². The molecule has 1 unspecified atom stereocenters. The molecule has 0 aliphatic carbocycles. The van der Waals surface area contributed by atoms with Crippen molar-refractivity contribution in [3.05, 3.63) is 54.6 Å². The average molecular weight is 268 g/mol. The van der Waals surface area contributed by atoms with Gasteiger partial charge < -0.3 is 15.0 Å². The zero-order chi connectivity index (χ0) is 13.8. The molecule has 2 aromatic rings. The summed E-state index contributed by atoms with van der Waals surface area (Å²) in [5.41, 5.74) is 1.17. The largest absolute Gasteiger partial charge is 0.455 e. The predicted octanol–water partition coefficient (Wildman–Crippen LogP) is 3.28. The van der Waals surface area contributed by atoms with Crippen molar-refractivity contribution in [2.24, 2.45) is 0 Å². The Morgan fingerprint density at radius 1 is 1.05 bits per heavy atom. The number of hydrogen-bond acceptors (Lipinski definition) is 3. The van der Waals surface area contributed by atoms with Crippen molar-refractivity contribution < 1.29 is 4.74 Å². The molecule has 2 aromatic carbocycles. The van der Waals surface area contributed by atoms with Crippen LogP contribution in [-0.4, -0.2) is 25.7 Å². The third-order valence-corrected chi connectivity index (χ3v) is 3.55. The van der Waals surface area contributed by atoms with E-state index >= 15 is 0 Å². The molecule has 3 nitrogen and oxygen atoms in total. The van der Waals surface area contributed by atoms with E-state index in [1.807, 2.05) is 42.5 Å². The molecule has 3 heteroatoms. The third-order valence-electron chi connectivity index (χ3n) is 3.55. The first-order chi connectivity index (χ1) is 9.83. The molecular formula is C17H20N2O. The summed E-state index contributed by atoms with van der Waals surface area (Å²) in [5.74, 6) is 1.80. The second-order valence-electron chi connectivity index (χ2n) is 5.18. The molecule has 0 bridgehead atoms. The molecule has 1 atom stereocenters. The maximum absolute atomic E-state index is 6.04. The third kappa shape index (κ3) is 2.94. The van der Waals surface area contributed by atoms with E-state index in [9.17, 15) is 0 Å². The van der Waals surface area contributed by atoms with E-state index in [2.05, 4.69) is 29.3 Å². The Kier molecular flexibility index (Phi) is 3.88. The van der Waals surface area contributed by atoms with Crippen LogP contribution in [0.4, 0.5) is 5.69 Å². The Bertz CT molecular complexity index is 556. The fourth-order valence-electron chi connectivity index (χ4n) is 2.57. The van der Waals surface area contributed by atoms with Gasteiger partial charge in [0.1, 0.15) is 5.75 Å². The van der Waals surface area contributed by atoms with Crippen LogP contribution in [0.2, 0.25) is 0 Å². The summed E-state index contributed by atoms with van der Waals surface area (Å²) in [6.45, 7) is 5.25. The van der Waals surface area contributed by atoms with Gasteiger partial charge in [0.15, 0.2) is 5.75 Å². The van der Waals surface area contributed by atoms with Crippen LogP contribution in [0, 0.1) is 0 Å². The highest BCUT2D eigenvalue weighted by molar-refractivity contribution is 5.60. The molecule has 104 valence electrons. The summed E-state index contributed by atoms with van der Waals surface area (Å²) < 4.78 is 6.04. The van der Waals surface area contributed by atoms with Crippen molar-refractivity contribution in [1.82, 2.24) is 5.32 Å². The topological polar surface area (TPSA) is 24.5 Å². The van der Waals surface area contributed by atoms with Gasteiger partial charge in [-0.15, -0.1) is 0 Å². The fourth-order valence-corrected chi connectivity index (χ4v) is 2.57. The normalized spacial score (nSPS) is 18.9. The molecule has 0 radical (unpaired) electrons. The number of piperazine rings is 1. The molecule has 3 rings (SSSR count). The fraction of sp³-hybridized carbons (Fsp3) is 0.294. The lowest BCUT2D eigenvalue weighted by Crippen LogP contribution is -2.49. The molecule has 0 spiro atoms. The van der Waals surface area contributed by atoms with E-state index in [1.54, 1.807) is 0 Å². The number of nitrogens with one attached hydrogen (secondary N) is 1. The van der Waals surface area contributed by atoms with Crippen molar-refractivity contribution in [3.8, 4) is 11.5 Å². The monoisotopic (exact) mass is 268 g/mol. The summed E-state index contributed by atoms with van der Waals surface area (Å²) in [7, 11) is 0. The number of para-hydroxylation sites is 3. The van der Waals surface area contributed by atoms with Crippen molar-refractivity contribution in [2.75, 3.05) is 24.5 Å². The van der Waals surface area contributed by atoms with Gasteiger partial charge in [-0.1, -0.05) is 30.3 Å². The van der Waals surface area contributed by atoms with Gasteiger partial charge in [-0.05, 0) is 31.2 Å². The smallest absolute Gasteiger partial charge is 0.150 e. The summed E-state index contributed by atoms with van der Waals surface area (Å²) in [6.07, 6.45) is 0. The molecule has 1 saturated heterocycles. The lowest BCUT2D eigenvalue weighted by molar-refractivity contribution is 0.461. The first kappa shape index (κ1) is 13.0. The van der Waals surface area contributed by atoms with E-state index < -0.39 is 0 Å².